The quantitative estimate of drug-likeness (QED) is 0.450. The van der Waals surface area contributed by atoms with Crippen LogP contribution in [-0.2, 0) is 21.1 Å². The van der Waals surface area contributed by atoms with E-state index >= 15 is 0 Å². The molecular formula is C17H15F3N4O4S3. The number of amides is 1. The summed E-state index contributed by atoms with van der Waals surface area (Å²) in [5.41, 5.74) is 1.52. The van der Waals surface area contributed by atoms with Gasteiger partial charge in [0.25, 0.3) is 9.84 Å². The Morgan fingerprint density at radius 3 is 2.45 bits per heavy atom. The number of rotatable bonds is 6. The molecule has 14 heteroatoms. The molecule has 166 valence electrons. The van der Waals surface area contributed by atoms with Gasteiger partial charge in [-0.25, -0.2) is 18.4 Å². The van der Waals surface area contributed by atoms with Crippen LogP contribution in [0.15, 0.2) is 34.5 Å². The molecule has 0 saturated carbocycles. The van der Waals surface area contributed by atoms with E-state index in [1.54, 1.807) is 12.3 Å². The average molecular weight is 493 g/mol. The SMILES string of the molecule is Cc1nc([C@@H](N)O)sc1-c1csc(NC(=O)Cc2ccc(S(=O)(=O)C(F)(F)F)cc2)n1. The van der Waals surface area contributed by atoms with Crippen molar-refractivity contribution in [2.45, 2.75) is 30.0 Å². The van der Waals surface area contributed by atoms with E-state index in [9.17, 15) is 31.5 Å². The summed E-state index contributed by atoms with van der Waals surface area (Å²) in [4.78, 5) is 20.5. The standard InChI is InChI=1S/C17H15F3N4O4S3/c1-8-13(30-15(22-8)14(21)26)11-7-29-16(23-11)24-12(25)6-9-2-4-10(5-3-9)31(27,28)17(18,19)20/h2-5,7,14,26H,6,21H2,1H3,(H,23,24,25)/t14-/m0/s1. The predicted octanol–water partition coefficient (Wildman–Crippen LogP) is 3.00. The summed E-state index contributed by atoms with van der Waals surface area (Å²) in [6, 6.07) is 3.91. The molecule has 31 heavy (non-hydrogen) atoms. The van der Waals surface area contributed by atoms with E-state index in [0.29, 0.717) is 32.0 Å². The molecule has 0 bridgehead atoms. The third-order valence-corrected chi connectivity index (χ3v) is 7.46. The van der Waals surface area contributed by atoms with E-state index in [-0.39, 0.29) is 6.42 Å². The van der Waals surface area contributed by atoms with Crippen molar-refractivity contribution in [3.8, 4) is 10.6 Å². The molecule has 3 aromatic rings. The zero-order chi connectivity index (χ0) is 23.0. The second kappa shape index (κ2) is 8.63. The molecule has 2 heterocycles. The van der Waals surface area contributed by atoms with Crippen molar-refractivity contribution in [2.75, 3.05) is 5.32 Å². The van der Waals surface area contributed by atoms with E-state index in [4.69, 9.17) is 5.73 Å². The molecule has 0 aliphatic carbocycles. The number of aromatic nitrogens is 2. The molecule has 0 saturated heterocycles. The van der Waals surface area contributed by atoms with Crippen LogP contribution in [0.5, 0.6) is 0 Å². The van der Waals surface area contributed by atoms with Crippen LogP contribution in [-0.4, -0.2) is 34.9 Å². The monoisotopic (exact) mass is 492 g/mol. The van der Waals surface area contributed by atoms with Gasteiger partial charge in [0.2, 0.25) is 5.91 Å². The van der Waals surface area contributed by atoms with Gasteiger partial charge in [-0.1, -0.05) is 12.1 Å². The van der Waals surface area contributed by atoms with Gasteiger partial charge >= 0.3 is 5.51 Å². The number of nitrogens with two attached hydrogens (primary N) is 1. The number of thiazole rings is 2. The summed E-state index contributed by atoms with van der Waals surface area (Å²) in [7, 11) is -5.44. The predicted molar refractivity (Wildman–Crippen MR) is 109 cm³/mol. The maximum atomic E-state index is 12.6. The largest absolute Gasteiger partial charge is 0.501 e. The van der Waals surface area contributed by atoms with Gasteiger partial charge in [-0.05, 0) is 24.6 Å². The lowest BCUT2D eigenvalue weighted by molar-refractivity contribution is -0.115. The number of alkyl halides is 3. The van der Waals surface area contributed by atoms with E-state index in [1.807, 2.05) is 0 Å². The molecule has 0 unspecified atom stereocenters. The molecule has 0 fully saturated rings. The maximum absolute atomic E-state index is 12.6. The van der Waals surface area contributed by atoms with Gasteiger partial charge < -0.3 is 16.2 Å². The topological polar surface area (TPSA) is 135 Å². The number of hydrogen-bond acceptors (Lipinski definition) is 9. The Bertz CT molecular complexity index is 1200. The van der Waals surface area contributed by atoms with Crippen LogP contribution < -0.4 is 11.1 Å². The van der Waals surface area contributed by atoms with Crippen molar-refractivity contribution in [2.24, 2.45) is 5.73 Å². The molecule has 0 aliphatic rings. The highest BCUT2D eigenvalue weighted by molar-refractivity contribution is 7.92. The number of sulfone groups is 1. The van der Waals surface area contributed by atoms with Crippen molar-refractivity contribution >= 4 is 43.5 Å². The lowest BCUT2D eigenvalue weighted by Gasteiger charge is -2.08. The first-order valence-corrected chi connectivity index (χ1v) is 11.6. The second-order valence-corrected chi connectivity index (χ2v) is 10.1. The van der Waals surface area contributed by atoms with Crippen LogP contribution in [0.25, 0.3) is 10.6 Å². The second-order valence-electron chi connectivity index (χ2n) is 6.27. The van der Waals surface area contributed by atoms with Crippen LogP contribution in [0.2, 0.25) is 0 Å². The molecule has 0 aliphatic heterocycles. The fraction of sp³-hybridized carbons (Fsp3) is 0.235. The number of nitrogens with one attached hydrogen (secondary N) is 1. The van der Waals surface area contributed by atoms with Gasteiger partial charge in [-0.15, -0.1) is 22.7 Å². The van der Waals surface area contributed by atoms with Gasteiger partial charge in [0.1, 0.15) is 5.01 Å². The zero-order valence-corrected chi connectivity index (χ0v) is 18.1. The first-order chi connectivity index (χ1) is 14.4. The third-order valence-electron chi connectivity index (χ3n) is 3.95. The van der Waals surface area contributed by atoms with Gasteiger partial charge in [0.15, 0.2) is 11.4 Å². The van der Waals surface area contributed by atoms with Gasteiger partial charge in [-0.2, -0.15) is 13.2 Å². The van der Waals surface area contributed by atoms with E-state index < -0.39 is 32.4 Å². The minimum atomic E-state index is -5.44. The third kappa shape index (κ3) is 5.10. The number of anilines is 1. The van der Waals surface area contributed by atoms with E-state index in [1.165, 1.54) is 11.3 Å². The highest BCUT2D eigenvalue weighted by Crippen LogP contribution is 2.34. The van der Waals surface area contributed by atoms with Crippen molar-refractivity contribution in [1.82, 2.24) is 9.97 Å². The molecule has 1 atom stereocenters. The number of aliphatic hydroxyl groups is 1. The molecule has 2 aromatic heterocycles. The Balaban J connectivity index is 1.67. The first kappa shape index (κ1) is 23.3. The minimum absolute atomic E-state index is 0.190. The Hall–Kier alpha value is -2.39. The average Bonchev–Trinajstić information content (AvgIpc) is 3.27. The number of aliphatic hydroxyl groups excluding tert-OH is 1. The van der Waals surface area contributed by atoms with Crippen LogP contribution in [0, 0.1) is 6.92 Å². The van der Waals surface area contributed by atoms with Crippen molar-refractivity contribution in [3.05, 3.63) is 45.9 Å². The number of nitrogens with zero attached hydrogens (tertiary/aromatic N) is 2. The van der Waals surface area contributed by atoms with Gasteiger partial charge in [-0.3, -0.25) is 4.79 Å². The Morgan fingerprint density at radius 1 is 1.26 bits per heavy atom. The normalized spacial score (nSPS) is 13.2. The number of hydrogen-bond donors (Lipinski definition) is 3. The number of halogens is 3. The Labute approximate surface area is 182 Å². The van der Waals surface area contributed by atoms with Crippen LogP contribution >= 0.6 is 22.7 Å². The molecule has 0 radical (unpaired) electrons. The molecule has 0 spiro atoms. The van der Waals surface area contributed by atoms with Crippen molar-refractivity contribution in [3.63, 3.8) is 0 Å². The zero-order valence-electron chi connectivity index (χ0n) is 15.7. The lowest BCUT2D eigenvalue weighted by Crippen LogP contribution is -2.23. The lowest BCUT2D eigenvalue weighted by atomic mass is 10.1. The van der Waals surface area contributed by atoms with Crippen LogP contribution in [0.1, 0.15) is 22.5 Å². The van der Waals surface area contributed by atoms with Crippen molar-refractivity contribution < 1.29 is 31.5 Å². The molecule has 4 N–H and O–H groups in total. The highest BCUT2D eigenvalue weighted by Gasteiger charge is 2.46. The fourth-order valence-electron chi connectivity index (χ4n) is 2.49. The van der Waals surface area contributed by atoms with Crippen LogP contribution in [0.4, 0.5) is 18.3 Å². The smallest absolute Gasteiger partial charge is 0.372 e. The minimum Gasteiger partial charge on any atom is -0.372 e. The first-order valence-electron chi connectivity index (χ1n) is 8.45. The summed E-state index contributed by atoms with van der Waals surface area (Å²) < 4.78 is 60.5. The summed E-state index contributed by atoms with van der Waals surface area (Å²) in [5, 5.41) is 14.3. The van der Waals surface area contributed by atoms with Gasteiger partial charge in [0, 0.05) is 5.38 Å². The molecule has 8 nitrogen and oxygen atoms in total. The summed E-state index contributed by atoms with van der Waals surface area (Å²) >= 11 is 2.33. The maximum Gasteiger partial charge on any atom is 0.501 e. The van der Waals surface area contributed by atoms with E-state index in [0.717, 1.165) is 35.6 Å². The summed E-state index contributed by atoms with van der Waals surface area (Å²) in [6.45, 7) is 1.73. The van der Waals surface area contributed by atoms with Crippen LogP contribution in [0.3, 0.4) is 0 Å². The molecule has 1 amide bonds. The fourth-order valence-corrected chi connectivity index (χ4v) is 4.95. The Kier molecular flexibility index (Phi) is 6.48. The number of carbonyl (C=O) groups is 1. The summed E-state index contributed by atoms with van der Waals surface area (Å²) in [6.07, 6.45) is -1.39. The highest BCUT2D eigenvalue weighted by atomic mass is 32.2. The molecule has 3 rings (SSSR count). The number of aryl methyl sites for hydroxylation is 1. The number of benzene rings is 1. The van der Waals surface area contributed by atoms with Gasteiger partial charge in [0.05, 0.1) is 27.6 Å². The van der Waals surface area contributed by atoms with E-state index in [2.05, 4.69) is 15.3 Å². The Morgan fingerprint density at radius 2 is 1.90 bits per heavy atom. The van der Waals surface area contributed by atoms with Crippen molar-refractivity contribution in [1.29, 1.82) is 0 Å². The summed E-state index contributed by atoms with van der Waals surface area (Å²) in [5.74, 6) is -0.480. The molecular weight excluding hydrogens is 477 g/mol. The molecule has 1 aromatic carbocycles. The number of carbonyl (C=O) groups excluding carboxylic acids is 1.